The van der Waals surface area contributed by atoms with E-state index in [0.717, 1.165) is 71.0 Å². The fourth-order valence-corrected chi connectivity index (χ4v) is 9.42. The quantitative estimate of drug-likeness (QED) is 0.337. The number of ether oxygens (including phenoxy) is 1. The fourth-order valence-electron chi connectivity index (χ4n) is 9.08. The van der Waals surface area contributed by atoms with Crippen LogP contribution in [0.1, 0.15) is 68.2 Å². The van der Waals surface area contributed by atoms with Crippen molar-refractivity contribution < 1.29 is 18.7 Å². The molecule has 14 heteroatoms. The Morgan fingerprint density at radius 1 is 1.15 bits per heavy atom. The number of anilines is 2. The highest BCUT2D eigenvalue weighted by molar-refractivity contribution is 6.33. The molecule has 4 saturated heterocycles. The number of carbonyl (C=O) groups excluding carboxylic acids is 2. The van der Waals surface area contributed by atoms with Crippen LogP contribution in [0.25, 0.3) is 10.9 Å². The molecule has 5 fully saturated rings. The SMILES string of the molecule is C[C@@H]1C[C@@H]1c1c(Cl)cc2[nH]ncc2c1N1CCc2c(nc(OC[C@@]34CCCN3C[C@H](F)C4)nc2N2CCC[C@]3(C2)NC(=O)NC3=O)C1. The van der Waals surface area contributed by atoms with E-state index in [1.54, 1.807) is 0 Å². The van der Waals surface area contributed by atoms with Crippen molar-refractivity contribution in [2.45, 2.75) is 81.6 Å². The standard InChI is InChI=1S/C33H39ClFN9O3/c1-18-10-21(18)26-23(34)11-24-22(13-36-41-24)27(26)42-9-4-20-25(15-42)37-31(47-17-32-5-2-8-44(32)14-19(35)12-32)38-28(20)43-7-3-6-33(16-43)29(45)39-30(46)40-33/h11,13,18-19,21H,2-10,12,14-17H2,1H3,(H,36,41)(H2,39,40,45,46)/t18-,19-,21+,32+,33-/m1/s1. The summed E-state index contributed by atoms with van der Waals surface area (Å²) in [6.07, 6.45) is 6.46. The Morgan fingerprint density at radius 3 is 2.81 bits per heavy atom. The van der Waals surface area contributed by atoms with Gasteiger partial charge in [0, 0.05) is 42.0 Å². The Hall–Kier alpha value is -3.71. The molecule has 1 spiro atoms. The first kappa shape index (κ1) is 29.4. The smallest absolute Gasteiger partial charge is 0.322 e. The molecule has 5 atom stereocenters. The van der Waals surface area contributed by atoms with Crippen molar-refractivity contribution in [2.75, 3.05) is 49.1 Å². The number of piperidine rings is 1. The van der Waals surface area contributed by atoms with Gasteiger partial charge in [-0.15, -0.1) is 0 Å². The van der Waals surface area contributed by atoms with Crippen molar-refractivity contribution in [2.24, 2.45) is 5.92 Å². The van der Waals surface area contributed by atoms with Gasteiger partial charge >= 0.3 is 12.0 Å². The molecule has 6 aliphatic rings. The Bertz CT molecular complexity index is 1800. The van der Waals surface area contributed by atoms with Crippen LogP contribution in [0.3, 0.4) is 0 Å². The fraction of sp³-hybridized carbons (Fsp3) is 0.606. The van der Waals surface area contributed by atoms with Crippen LogP contribution < -0.4 is 25.2 Å². The second-order valence-electron chi connectivity index (χ2n) is 14.6. The molecule has 7 heterocycles. The summed E-state index contributed by atoms with van der Waals surface area (Å²) in [6.45, 7) is 6.16. The molecule has 3 N–H and O–H groups in total. The van der Waals surface area contributed by atoms with Gasteiger partial charge in [0.15, 0.2) is 0 Å². The largest absolute Gasteiger partial charge is 0.461 e. The Morgan fingerprint density at radius 2 is 2.00 bits per heavy atom. The molecule has 0 unspecified atom stereocenters. The van der Waals surface area contributed by atoms with Crippen LogP contribution in [-0.4, -0.2) is 93.6 Å². The van der Waals surface area contributed by atoms with E-state index in [1.165, 1.54) is 5.56 Å². The van der Waals surface area contributed by atoms with Gasteiger partial charge < -0.3 is 19.9 Å². The number of hydrogen-bond donors (Lipinski definition) is 3. The molecule has 2 aromatic heterocycles. The third-order valence-electron chi connectivity index (χ3n) is 11.6. The maximum atomic E-state index is 14.6. The molecule has 1 aliphatic carbocycles. The van der Waals surface area contributed by atoms with Gasteiger partial charge in [-0.25, -0.2) is 9.18 Å². The normalized spacial score (nSPS) is 31.8. The maximum absolute atomic E-state index is 14.6. The number of aromatic amines is 1. The zero-order valence-corrected chi connectivity index (χ0v) is 27.2. The summed E-state index contributed by atoms with van der Waals surface area (Å²) in [5, 5.41) is 14.6. The van der Waals surface area contributed by atoms with Crippen molar-refractivity contribution >= 4 is 45.9 Å². The molecule has 1 saturated carbocycles. The molecular weight excluding hydrogens is 625 g/mol. The van der Waals surface area contributed by atoms with Crippen LogP contribution in [0, 0.1) is 5.92 Å². The highest BCUT2D eigenvalue weighted by Crippen LogP contribution is 2.54. The molecule has 5 aliphatic heterocycles. The van der Waals surface area contributed by atoms with E-state index in [2.05, 4.69) is 42.5 Å². The van der Waals surface area contributed by atoms with Crippen molar-refractivity contribution in [1.82, 2.24) is 35.7 Å². The van der Waals surface area contributed by atoms with E-state index in [1.807, 2.05) is 12.3 Å². The van der Waals surface area contributed by atoms with Gasteiger partial charge in [0.25, 0.3) is 5.91 Å². The van der Waals surface area contributed by atoms with Crippen molar-refractivity contribution in [3.05, 3.63) is 34.1 Å². The lowest BCUT2D eigenvalue weighted by Gasteiger charge is -2.41. The molecule has 12 nitrogen and oxygen atoms in total. The van der Waals surface area contributed by atoms with Crippen LogP contribution in [0.2, 0.25) is 5.02 Å². The summed E-state index contributed by atoms with van der Waals surface area (Å²) in [5.74, 6) is 1.40. The maximum Gasteiger partial charge on any atom is 0.322 e. The zero-order valence-electron chi connectivity index (χ0n) is 26.5. The van der Waals surface area contributed by atoms with Gasteiger partial charge in [0.05, 0.1) is 41.7 Å². The van der Waals surface area contributed by atoms with E-state index >= 15 is 0 Å². The first-order valence-corrected chi connectivity index (χ1v) is 17.3. The van der Waals surface area contributed by atoms with Crippen LogP contribution in [0.4, 0.5) is 20.7 Å². The van der Waals surface area contributed by atoms with Crippen molar-refractivity contribution in [3.8, 4) is 6.01 Å². The summed E-state index contributed by atoms with van der Waals surface area (Å²) in [6, 6.07) is 1.79. The Labute approximate surface area is 276 Å². The lowest BCUT2D eigenvalue weighted by atomic mass is 9.88. The highest BCUT2D eigenvalue weighted by atomic mass is 35.5. The lowest BCUT2D eigenvalue weighted by Crippen LogP contribution is -2.59. The number of nitrogens with zero attached hydrogens (tertiary/aromatic N) is 6. The number of imide groups is 1. The minimum atomic E-state index is -0.998. The lowest BCUT2D eigenvalue weighted by molar-refractivity contribution is -0.124. The molecule has 47 heavy (non-hydrogen) atoms. The van der Waals surface area contributed by atoms with Gasteiger partial charge in [-0.05, 0) is 68.5 Å². The van der Waals surface area contributed by atoms with Gasteiger partial charge in [0.2, 0.25) is 0 Å². The van der Waals surface area contributed by atoms with Gasteiger partial charge in [-0.2, -0.15) is 15.1 Å². The van der Waals surface area contributed by atoms with Crippen LogP contribution in [0.5, 0.6) is 6.01 Å². The second kappa shape index (κ2) is 10.6. The monoisotopic (exact) mass is 663 g/mol. The predicted molar refractivity (Wildman–Crippen MR) is 174 cm³/mol. The van der Waals surface area contributed by atoms with Crippen molar-refractivity contribution in [1.29, 1.82) is 0 Å². The molecule has 0 radical (unpaired) electrons. The van der Waals surface area contributed by atoms with Gasteiger partial charge in [-0.1, -0.05) is 18.5 Å². The van der Waals surface area contributed by atoms with E-state index in [0.29, 0.717) is 70.3 Å². The van der Waals surface area contributed by atoms with Crippen molar-refractivity contribution in [3.63, 3.8) is 0 Å². The molecule has 9 rings (SSSR count). The summed E-state index contributed by atoms with van der Waals surface area (Å²) < 4.78 is 21.0. The van der Waals surface area contributed by atoms with Crippen LogP contribution >= 0.6 is 11.6 Å². The summed E-state index contributed by atoms with van der Waals surface area (Å²) in [4.78, 5) is 41.9. The molecule has 3 aromatic rings. The van der Waals surface area contributed by atoms with Crippen LogP contribution in [0.15, 0.2) is 12.3 Å². The number of alkyl halides is 1. The number of rotatable bonds is 6. The third-order valence-corrected chi connectivity index (χ3v) is 11.9. The molecule has 3 amide bonds. The molecular formula is C33H39ClFN9O3. The average molecular weight is 664 g/mol. The average Bonchev–Trinajstić information content (AvgIpc) is 3.36. The molecule has 248 valence electrons. The van der Waals surface area contributed by atoms with E-state index in [4.69, 9.17) is 26.3 Å². The number of nitrogens with one attached hydrogen (secondary N) is 3. The second-order valence-corrected chi connectivity index (χ2v) is 15.0. The third kappa shape index (κ3) is 4.74. The highest BCUT2D eigenvalue weighted by Gasteiger charge is 2.51. The first-order valence-electron chi connectivity index (χ1n) is 16.9. The summed E-state index contributed by atoms with van der Waals surface area (Å²) >= 11 is 6.96. The van der Waals surface area contributed by atoms with Gasteiger partial charge in [-0.3, -0.25) is 20.1 Å². The number of fused-ring (bicyclic) bond motifs is 3. The number of hydrogen-bond acceptors (Lipinski definition) is 9. The molecule has 0 bridgehead atoms. The predicted octanol–water partition coefficient (Wildman–Crippen LogP) is 3.83. The van der Waals surface area contributed by atoms with E-state index in [-0.39, 0.29) is 17.5 Å². The van der Waals surface area contributed by atoms with Gasteiger partial charge in [0.1, 0.15) is 24.1 Å². The molecule has 1 aromatic carbocycles. The first-order chi connectivity index (χ1) is 22.7. The zero-order chi connectivity index (χ0) is 32.1. The summed E-state index contributed by atoms with van der Waals surface area (Å²) in [5.41, 5.74) is 3.72. The Kier molecular flexibility index (Phi) is 6.67. The minimum Gasteiger partial charge on any atom is -0.461 e. The van der Waals surface area contributed by atoms with E-state index < -0.39 is 17.7 Å². The number of benzene rings is 1. The number of aromatic nitrogens is 4. The number of H-pyrrole nitrogens is 1. The number of amides is 3. The number of urea groups is 1. The summed E-state index contributed by atoms with van der Waals surface area (Å²) in [7, 11) is 0. The van der Waals surface area contributed by atoms with Crippen LogP contribution in [-0.2, 0) is 17.8 Å². The number of carbonyl (C=O) groups is 2. The minimum absolute atomic E-state index is 0.263. The topological polar surface area (TPSA) is 132 Å². The number of halogens is 2. The Balaban J connectivity index is 1.09. The van der Waals surface area contributed by atoms with E-state index in [9.17, 15) is 14.0 Å².